The zero-order valence-electron chi connectivity index (χ0n) is 11.9. The molecule has 1 aromatic rings. The molecule has 0 bridgehead atoms. The quantitative estimate of drug-likeness (QED) is 0.862. The summed E-state index contributed by atoms with van der Waals surface area (Å²) in [6.07, 6.45) is 1.10. The summed E-state index contributed by atoms with van der Waals surface area (Å²) < 4.78 is 10.5. The SMILES string of the molecule is CCC(C)(C)NCc1ccc(OC)c(OC)c1.Cl. The van der Waals surface area contributed by atoms with Crippen molar-refractivity contribution in [3.05, 3.63) is 23.8 Å². The number of methoxy groups -OCH3 is 2. The van der Waals surface area contributed by atoms with Gasteiger partial charge < -0.3 is 14.8 Å². The molecule has 0 fully saturated rings. The van der Waals surface area contributed by atoms with E-state index >= 15 is 0 Å². The molecule has 1 aromatic carbocycles. The Kier molecular flexibility index (Phi) is 7.11. The van der Waals surface area contributed by atoms with E-state index in [4.69, 9.17) is 9.47 Å². The molecular weight excluding hydrogens is 250 g/mol. The van der Waals surface area contributed by atoms with Crippen LogP contribution in [0.25, 0.3) is 0 Å². The highest BCUT2D eigenvalue weighted by Gasteiger charge is 2.14. The summed E-state index contributed by atoms with van der Waals surface area (Å²) in [5, 5.41) is 3.52. The summed E-state index contributed by atoms with van der Waals surface area (Å²) in [6.45, 7) is 7.42. The molecule has 0 aliphatic heterocycles. The Bertz CT molecular complexity index is 367. The minimum absolute atomic E-state index is 0. The number of halogens is 1. The van der Waals surface area contributed by atoms with Gasteiger partial charge in [0.1, 0.15) is 0 Å². The maximum absolute atomic E-state index is 5.28. The van der Waals surface area contributed by atoms with E-state index in [2.05, 4.69) is 32.2 Å². The molecule has 104 valence electrons. The average molecular weight is 274 g/mol. The molecule has 1 N–H and O–H groups in total. The third kappa shape index (κ3) is 4.75. The van der Waals surface area contributed by atoms with E-state index in [1.807, 2.05) is 12.1 Å². The third-order valence-corrected chi connectivity index (χ3v) is 3.10. The van der Waals surface area contributed by atoms with Gasteiger partial charge in [-0.05, 0) is 38.0 Å². The van der Waals surface area contributed by atoms with Gasteiger partial charge in [-0.1, -0.05) is 13.0 Å². The van der Waals surface area contributed by atoms with Crippen LogP contribution in [0.15, 0.2) is 18.2 Å². The summed E-state index contributed by atoms with van der Waals surface area (Å²) in [5.74, 6) is 1.55. The molecular formula is C14H24ClNO2. The summed E-state index contributed by atoms with van der Waals surface area (Å²) >= 11 is 0. The van der Waals surface area contributed by atoms with Crippen molar-refractivity contribution in [2.45, 2.75) is 39.3 Å². The molecule has 0 aromatic heterocycles. The summed E-state index contributed by atoms with van der Waals surface area (Å²) in [6, 6.07) is 6.01. The van der Waals surface area contributed by atoms with E-state index in [1.54, 1.807) is 14.2 Å². The summed E-state index contributed by atoms with van der Waals surface area (Å²) in [4.78, 5) is 0. The van der Waals surface area contributed by atoms with Crippen LogP contribution < -0.4 is 14.8 Å². The Morgan fingerprint density at radius 2 is 1.72 bits per heavy atom. The first-order valence-electron chi connectivity index (χ1n) is 5.98. The first-order chi connectivity index (χ1) is 8.02. The second-order valence-electron chi connectivity index (χ2n) is 4.78. The number of ether oxygens (including phenoxy) is 2. The Hall–Kier alpha value is -0.930. The average Bonchev–Trinajstić information content (AvgIpc) is 2.36. The molecule has 0 saturated heterocycles. The fourth-order valence-electron chi connectivity index (χ4n) is 1.46. The van der Waals surface area contributed by atoms with Crippen LogP contribution in [0.2, 0.25) is 0 Å². The Balaban J connectivity index is 0.00000289. The highest BCUT2D eigenvalue weighted by molar-refractivity contribution is 5.85. The van der Waals surface area contributed by atoms with E-state index in [1.165, 1.54) is 5.56 Å². The Labute approximate surface area is 116 Å². The van der Waals surface area contributed by atoms with Crippen LogP contribution >= 0.6 is 12.4 Å². The molecule has 0 spiro atoms. The number of rotatable bonds is 6. The van der Waals surface area contributed by atoms with Crippen molar-refractivity contribution < 1.29 is 9.47 Å². The minimum Gasteiger partial charge on any atom is -0.493 e. The first-order valence-corrected chi connectivity index (χ1v) is 5.98. The van der Waals surface area contributed by atoms with Gasteiger partial charge in [0.25, 0.3) is 0 Å². The Morgan fingerprint density at radius 1 is 1.11 bits per heavy atom. The second kappa shape index (κ2) is 7.49. The normalized spacial score (nSPS) is 10.7. The molecule has 0 atom stereocenters. The number of nitrogens with one attached hydrogen (secondary N) is 1. The van der Waals surface area contributed by atoms with Gasteiger partial charge in [-0.2, -0.15) is 0 Å². The van der Waals surface area contributed by atoms with E-state index in [9.17, 15) is 0 Å². The van der Waals surface area contributed by atoms with Crippen LogP contribution in [0.5, 0.6) is 11.5 Å². The predicted octanol–water partition coefficient (Wildman–Crippen LogP) is 3.40. The summed E-state index contributed by atoms with van der Waals surface area (Å²) in [5.41, 5.74) is 1.36. The van der Waals surface area contributed by atoms with Gasteiger partial charge in [0.2, 0.25) is 0 Å². The lowest BCUT2D eigenvalue weighted by Crippen LogP contribution is -2.37. The van der Waals surface area contributed by atoms with Crippen LogP contribution in [-0.4, -0.2) is 19.8 Å². The lowest BCUT2D eigenvalue weighted by molar-refractivity contribution is 0.352. The zero-order valence-corrected chi connectivity index (χ0v) is 12.7. The van der Waals surface area contributed by atoms with E-state index in [0.29, 0.717) is 0 Å². The van der Waals surface area contributed by atoms with Crippen molar-refractivity contribution in [2.24, 2.45) is 0 Å². The van der Waals surface area contributed by atoms with Crippen LogP contribution in [0.3, 0.4) is 0 Å². The maximum atomic E-state index is 5.28. The third-order valence-electron chi connectivity index (χ3n) is 3.10. The molecule has 0 unspecified atom stereocenters. The van der Waals surface area contributed by atoms with Gasteiger partial charge in [-0.3, -0.25) is 0 Å². The minimum atomic E-state index is 0. The van der Waals surface area contributed by atoms with Gasteiger partial charge in [0, 0.05) is 12.1 Å². The predicted molar refractivity (Wildman–Crippen MR) is 78.0 cm³/mol. The van der Waals surface area contributed by atoms with E-state index < -0.39 is 0 Å². The molecule has 18 heavy (non-hydrogen) atoms. The fourth-order valence-corrected chi connectivity index (χ4v) is 1.46. The fraction of sp³-hybridized carbons (Fsp3) is 0.571. The van der Waals surface area contributed by atoms with Crippen LogP contribution in [0.1, 0.15) is 32.8 Å². The number of hydrogen-bond donors (Lipinski definition) is 1. The first kappa shape index (κ1) is 17.1. The lowest BCUT2D eigenvalue weighted by atomic mass is 10.0. The van der Waals surface area contributed by atoms with Crippen molar-refractivity contribution in [2.75, 3.05) is 14.2 Å². The topological polar surface area (TPSA) is 30.5 Å². The van der Waals surface area contributed by atoms with Crippen molar-refractivity contribution in [1.29, 1.82) is 0 Å². The van der Waals surface area contributed by atoms with Gasteiger partial charge in [0.05, 0.1) is 14.2 Å². The van der Waals surface area contributed by atoms with Crippen molar-refractivity contribution in [3.8, 4) is 11.5 Å². The summed E-state index contributed by atoms with van der Waals surface area (Å²) in [7, 11) is 3.31. The van der Waals surface area contributed by atoms with E-state index in [0.717, 1.165) is 24.5 Å². The highest BCUT2D eigenvalue weighted by atomic mass is 35.5. The molecule has 0 aliphatic carbocycles. The molecule has 3 nitrogen and oxygen atoms in total. The molecule has 0 radical (unpaired) electrons. The maximum Gasteiger partial charge on any atom is 0.161 e. The van der Waals surface area contributed by atoms with Crippen molar-refractivity contribution >= 4 is 12.4 Å². The largest absolute Gasteiger partial charge is 0.493 e. The molecule has 0 aliphatic rings. The zero-order chi connectivity index (χ0) is 12.9. The molecule has 4 heteroatoms. The van der Waals surface area contributed by atoms with Gasteiger partial charge >= 0.3 is 0 Å². The molecule has 0 amide bonds. The Morgan fingerprint density at radius 3 is 2.22 bits per heavy atom. The monoisotopic (exact) mass is 273 g/mol. The second-order valence-corrected chi connectivity index (χ2v) is 4.78. The van der Waals surface area contributed by atoms with Crippen LogP contribution in [0, 0.1) is 0 Å². The van der Waals surface area contributed by atoms with Crippen LogP contribution in [0.4, 0.5) is 0 Å². The number of benzene rings is 1. The number of hydrogen-bond acceptors (Lipinski definition) is 3. The highest BCUT2D eigenvalue weighted by Crippen LogP contribution is 2.27. The van der Waals surface area contributed by atoms with Gasteiger partial charge in [-0.15, -0.1) is 12.4 Å². The molecule has 1 rings (SSSR count). The van der Waals surface area contributed by atoms with E-state index in [-0.39, 0.29) is 17.9 Å². The smallest absolute Gasteiger partial charge is 0.161 e. The van der Waals surface area contributed by atoms with Crippen molar-refractivity contribution in [1.82, 2.24) is 5.32 Å². The lowest BCUT2D eigenvalue weighted by Gasteiger charge is -2.24. The molecule has 0 heterocycles. The van der Waals surface area contributed by atoms with Crippen LogP contribution in [-0.2, 0) is 6.54 Å². The van der Waals surface area contributed by atoms with Gasteiger partial charge in [-0.25, -0.2) is 0 Å². The standard InChI is InChI=1S/C14H23NO2.ClH/c1-6-14(2,3)15-10-11-7-8-12(16-4)13(9-11)17-5;/h7-9,15H,6,10H2,1-5H3;1H. The van der Waals surface area contributed by atoms with Gasteiger partial charge in [0.15, 0.2) is 11.5 Å². The van der Waals surface area contributed by atoms with Crippen molar-refractivity contribution in [3.63, 3.8) is 0 Å². The molecule has 0 saturated carbocycles.